The van der Waals surface area contributed by atoms with E-state index in [1.165, 1.54) is 6.07 Å². The number of fused-ring (bicyclic) bond motifs is 3. The molecule has 2 N–H and O–H groups in total. The molecule has 5 heteroatoms. The maximum atomic E-state index is 14.9. The summed E-state index contributed by atoms with van der Waals surface area (Å²) in [6, 6.07) is 21.7. The van der Waals surface area contributed by atoms with Crippen LogP contribution >= 0.6 is 0 Å². The Morgan fingerprint density at radius 3 is 2.60 bits per heavy atom. The SMILES string of the molecule is Cc1ccccc1NC(=O)N1CCc2c([nH]c3ccccc23)[C@@H]1c1ccccc1F. The first kappa shape index (κ1) is 18.4. The van der Waals surface area contributed by atoms with Crippen LogP contribution in [0.1, 0.15) is 28.4 Å². The number of nitrogens with zero attached hydrogens (tertiary/aromatic N) is 1. The minimum absolute atomic E-state index is 0.234. The Morgan fingerprint density at radius 2 is 1.77 bits per heavy atom. The van der Waals surface area contributed by atoms with Crippen molar-refractivity contribution in [3.05, 3.63) is 101 Å². The number of rotatable bonds is 2. The molecule has 1 atom stereocenters. The maximum Gasteiger partial charge on any atom is 0.322 e. The first-order valence-corrected chi connectivity index (χ1v) is 10.1. The van der Waals surface area contributed by atoms with Crippen molar-refractivity contribution >= 4 is 22.6 Å². The van der Waals surface area contributed by atoms with Gasteiger partial charge in [0.1, 0.15) is 11.9 Å². The molecule has 0 fully saturated rings. The Morgan fingerprint density at radius 1 is 1.03 bits per heavy atom. The Hall–Kier alpha value is -3.60. The summed E-state index contributed by atoms with van der Waals surface area (Å²) in [5.41, 5.74) is 5.27. The number of aryl methyl sites for hydroxylation is 1. The fraction of sp³-hybridized carbons (Fsp3) is 0.160. The molecule has 0 radical (unpaired) electrons. The van der Waals surface area contributed by atoms with Crippen LogP contribution < -0.4 is 5.32 Å². The molecule has 0 spiro atoms. The normalized spacial score (nSPS) is 15.8. The fourth-order valence-electron chi connectivity index (χ4n) is 4.38. The van der Waals surface area contributed by atoms with Gasteiger partial charge in [0.15, 0.2) is 0 Å². The van der Waals surface area contributed by atoms with Crippen molar-refractivity contribution in [2.24, 2.45) is 0 Å². The number of aromatic amines is 1. The zero-order chi connectivity index (χ0) is 20.7. The minimum atomic E-state index is -0.522. The van der Waals surface area contributed by atoms with E-state index in [0.717, 1.165) is 33.4 Å². The molecule has 4 nitrogen and oxygen atoms in total. The van der Waals surface area contributed by atoms with Crippen molar-refractivity contribution in [2.75, 3.05) is 11.9 Å². The van der Waals surface area contributed by atoms with E-state index in [9.17, 15) is 9.18 Å². The number of carbonyl (C=O) groups is 1. The maximum absolute atomic E-state index is 14.9. The topological polar surface area (TPSA) is 48.1 Å². The van der Waals surface area contributed by atoms with E-state index in [1.807, 2.05) is 55.5 Å². The second kappa shape index (κ2) is 7.34. The first-order valence-electron chi connectivity index (χ1n) is 10.1. The van der Waals surface area contributed by atoms with Gasteiger partial charge in [0.05, 0.1) is 0 Å². The third-order valence-corrected chi connectivity index (χ3v) is 5.88. The summed E-state index contributed by atoms with van der Waals surface area (Å²) in [4.78, 5) is 18.5. The highest BCUT2D eigenvalue weighted by atomic mass is 19.1. The molecule has 150 valence electrons. The monoisotopic (exact) mass is 399 g/mol. The van der Waals surface area contributed by atoms with Gasteiger partial charge in [-0.1, -0.05) is 54.6 Å². The number of carbonyl (C=O) groups excluding carboxylic acids is 1. The molecule has 1 aliphatic rings. The van der Waals surface area contributed by atoms with Gasteiger partial charge in [-0.3, -0.25) is 0 Å². The molecule has 0 saturated heterocycles. The van der Waals surface area contributed by atoms with Crippen LogP contribution in [0.4, 0.5) is 14.9 Å². The number of halogens is 1. The molecule has 3 aromatic carbocycles. The lowest BCUT2D eigenvalue weighted by molar-refractivity contribution is 0.192. The van der Waals surface area contributed by atoms with E-state index in [-0.39, 0.29) is 11.8 Å². The van der Waals surface area contributed by atoms with Crippen LogP contribution in [0.2, 0.25) is 0 Å². The number of urea groups is 1. The summed E-state index contributed by atoms with van der Waals surface area (Å²) in [6.07, 6.45) is 0.714. The van der Waals surface area contributed by atoms with Crippen molar-refractivity contribution in [3.8, 4) is 0 Å². The summed E-state index contributed by atoms with van der Waals surface area (Å²) in [5, 5.41) is 4.15. The summed E-state index contributed by atoms with van der Waals surface area (Å²) in [7, 11) is 0. The highest BCUT2D eigenvalue weighted by Crippen LogP contribution is 2.39. The standard InChI is InChI=1S/C25H22FN3O/c1-16-8-2-6-12-21(16)28-25(30)29-15-14-18-17-9-4-7-13-22(17)27-23(18)24(29)19-10-3-5-11-20(19)26/h2-13,24,27H,14-15H2,1H3,(H,28,30)/t24-/m0/s1. The molecule has 0 bridgehead atoms. The number of H-pyrrole nitrogens is 1. The zero-order valence-corrected chi connectivity index (χ0v) is 16.7. The molecule has 0 unspecified atom stereocenters. The van der Waals surface area contributed by atoms with Gasteiger partial charge in [-0.2, -0.15) is 0 Å². The van der Waals surface area contributed by atoms with Crippen LogP contribution in [0.15, 0.2) is 72.8 Å². The highest BCUT2D eigenvalue weighted by molar-refractivity contribution is 5.92. The van der Waals surface area contributed by atoms with Gasteiger partial charge in [-0.15, -0.1) is 0 Å². The Kier molecular flexibility index (Phi) is 4.51. The first-order chi connectivity index (χ1) is 14.6. The molecule has 5 rings (SSSR count). The van der Waals surface area contributed by atoms with Crippen LogP contribution in [-0.2, 0) is 6.42 Å². The molecule has 1 aromatic heterocycles. The van der Waals surface area contributed by atoms with Crippen molar-refractivity contribution in [3.63, 3.8) is 0 Å². The van der Waals surface area contributed by atoms with Gasteiger partial charge >= 0.3 is 6.03 Å². The fourth-order valence-corrected chi connectivity index (χ4v) is 4.38. The van der Waals surface area contributed by atoms with E-state index in [2.05, 4.69) is 16.4 Å². The van der Waals surface area contributed by atoms with Crippen molar-refractivity contribution in [2.45, 2.75) is 19.4 Å². The van der Waals surface area contributed by atoms with Gasteiger partial charge in [-0.25, -0.2) is 9.18 Å². The largest absolute Gasteiger partial charge is 0.356 e. The predicted molar refractivity (Wildman–Crippen MR) is 117 cm³/mol. The number of nitrogens with one attached hydrogen (secondary N) is 2. The number of para-hydroxylation sites is 2. The summed E-state index contributed by atoms with van der Waals surface area (Å²) < 4.78 is 14.9. The van der Waals surface area contributed by atoms with Gasteiger partial charge in [0, 0.05) is 34.4 Å². The molecule has 0 aliphatic carbocycles. The summed E-state index contributed by atoms with van der Waals surface area (Å²) in [6.45, 7) is 2.46. The van der Waals surface area contributed by atoms with Gasteiger partial charge < -0.3 is 15.2 Å². The van der Waals surface area contributed by atoms with Crippen molar-refractivity contribution in [1.29, 1.82) is 0 Å². The molecular formula is C25H22FN3O. The summed E-state index contributed by atoms with van der Waals surface area (Å²) in [5.74, 6) is -0.317. The number of benzene rings is 3. The molecule has 1 aliphatic heterocycles. The Bertz CT molecular complexity index is 1250. The second-order valence-corrected chi connectivity index (χ2v) is 7.68. The number of hydrogen-bond donors (Lipinski definition) is 2. The highest BCUT2D eigenvalue weighted by Gasteiger charge is 2.36. The van der Waals surface area contributed by atoms with Crippen LogP contribution in [0.3, 0.4) is 0 Å². The van der Waals surface area contributed by atoms with E-state index in [1.54, 1.807) is 17.0 Å². The van der Waals surface area contributed by atoms with E-state index in [4.69, 9.17) is 0 Å². The molecule has 30 heavy (non-hydrogen) atoms. The van der Waals surface area contributed by atoms with Crippen LogP contribution in [-0.4, -0.2) is 22.5 Å². The average Bonchev–Trinajstić information content (AvgIpc) is 3.14. The average molecular weight is 399 g/mol. The number of aromatic nitrogens is 1. The van der Waals surface area contributed by atoms with Crippen molar-refractivity contribution in [1.82, 2.24) is 9.88 Å². The third-order valence-electron chi connectivity index (χ3n) is 5.88. The smallest absolute Gasteiger partial charge is 0.322 e. The Balaban J connectivity index is 1.61. The lowest BCUT2D eigenvalue weighted by atomic mass is 9.92. The third kappa shape index (κ3) is 3.03. The van der Waals surface area contributed by atoms with Crippen molar-refractivity contribution < 1.29 is 9.18 Å². The van der Waals surface area contributed by atoms with Gasteiger partial charge in [0.25, 0.3) is 0 Å². The zero-order valence-electron chi connectivity index (χ0n) is 16.7. The predicted octanol–water partition coefficient (Wildman–Crippen LogP) is 5.80. The lowest BCUT2D eigenvalue weighted by Crippen LogP contribution is -2.43. The quantitative estimate of drug-likeness (QED) is 0.440. The van der Waals surface area contributed by atoms with E-state index >= 15 is 0 Å². The number of anilines is 1. The molecule has 2 heterocycles. The van der Waals surface area contributed by atoms with Gasteiger partial charge in [-0.05, 0) is 42.7 Å². The van der Waals surface area contributed by atoms with Crippen LogP contribution in [0, 0.1) is 12.7 Å². The second-order valence-electron chi connectivity index (χ2n) is 7.68. The molecule has 4 aromatic rings. The number of amides is 2. The van der Waals surface area contributed by atoms with E-state index in [0.29, 0.717) is 18.5 Å². The molecular weight excluding hydrogens is 377 g/mol. The Labute approximate surface area is 174 Å². The van der Waals surface area contributed by atoms with E-state index < -0.39 is 6.04 Å². The van der Waals surface area contributed by atoms with Gasteiger partial charge in [0.2, 0.25) is 0 Å². The molecule has 2 amide bonds. The van der Waals surface area contributed by atoms with Crippen LogP contribution in [0.25, 0.3) is 10.9 Å². The molecule has 0 saturated carbocycles. The minimum Gasteiger partial charge on any atom is -0.356 e. The number of hydrogen-bond acceptors (Lipinski definition) is 1. The summed E-state index contributed by atoms with van der Waals surface area (Å²) >= 11 is 0. The van der Waals surface area contributed by atoms with Crippen LogP contribution in [0.5, 0.6) is 0 Å². The lowest BCUT2D eigenvalue weighted by Gasteiger charge is -2.36.